The Kier molecular flexibility index (Phi) is 6.46. The van der Waals surface area contributed by atoms with Crippen LogP contribution in [0.15, 0.2) is 48.8 Å². The van der Waals surface area contributed by atoms with Crippen molar-refractivity contribution in [3.63, 3.8) is 0 Å². The molecule has 24 heavy (non-hydrogen) atoms. The van der Waals surface area contributed by atoms with Crippen LogP contribution in [0.25, 0.3) is 0 Å². The lowest BCUT2D eigenvalue weighted by Gasteiger charge is -2.27. The average Bonchev–Trinajstić information content (AvgIpc) is 2.60. The van der Waals surface area contributed by atoms with Gasteiger partial charge in [0.1, 0.15) is 18.5 Å². The molecule has 1 heterocycles. The first-order valence-corrected chi connectivity index (χ1v) is 7.99. The smallest absolute Gasteiger partial charge is 0.159 e. The van der Waals surface area contributed by atoms with Crippen LogP contribution >= 0.6 is 0 Å². The highest BCUT2D eigenvalue weighted by atomic mass is 16.5. The van der Waals surface area contributed by atoms with Crippen LogP contribution in [-0.2, 0) is 0 Å². The molecular formula is C19H24N2O3. The molecule has 0 spiro atoms. The topological polar surface area (TPSA) is 62.7 Å². The molecule has 5 nitrogen and oxygen atoms in total. The maximum Gasteiger partial charge on any atom is 0.159 e. The first-order valence-electron chi connectivity index (χ1n) is 7.99. The summed E-state index contributed by atoms with van der Waals surface area (Å²) in [6.07, 6.45) is 2.95. The van der Waals surface area contributed by atoms with Crippen molar-refractivity contribution in [1.29, 1.82) is 0 Å². The van der Waals surface area contributed by atoms with Gasteiger partial charge >= 0.3 is 0 Å². The molecule has 0 bridgehead atoms. The number of carbonyl (C=O) groups is 1. The van der Waals surface area contributed by atoms with E-state index in [1.54, 1.807) is 30.5 Å². The van der Waals surface area contributed by atoms with Gasteiger partial charge in [0, 0.05) is 30.5 Å². The van der Waals surface area contributed by atoms with E-state index in [9.17, 15) is 9.90 Å². The van der Waals surface area contributed by atoms with E-state index in [1.807, 2.05) is 25.4 Å². The highest BCUT2D eigenvalue weighted by molar-refractivity contribution is 5.94. The van der Waals surface area contributed by atoms with E-state index in [1.165, 1.54) is 6.92 Å². The molecule has 0 aliphatic heterocycles. The second kappa shape index (κ2) is 8.57. The monoisotopic (exact) mass is 328 g/mol. The summed E-state index contributed by atoms with van der Waals surface area (Å²) in [6, 6.07) is 11.1. The fourth-order valence-electron chi connectivity index (χ4n) is 2.42. The Morgan fingerprint density at radius 2 is 2.12 bits per heavy atom. The predicted octanol–water partition coefficient (Wildman–Crippen LogP) is 2.72. The Labute approximate surface area is 142 Å². The number of ketones is 1. The van der Waals surface area contributed by atoms with Gasteiger partial charge in [-0.05, 0) is 44.7 Å². The predicted molar refractivity (Wildman–Crippen MR) is 93.2 cm³/mol. The van der Waals surface area contributed by atoms with Crippen LogP contribution in [-0.4, -0.2) is 47.1 Å². The van der Waals surface area contributed by atoms with Crippen molar-refractivity contribution in [2.24, 2.45) is 0 Å². The van der Waals surface area contributed by atoms with Crippen molar-refractivity contribution in [1.82, 2.24) is 9.88 Å². The first-order chi connectivity index (χ1) is 11.5. The molecule has 1 N–H and O–H groups in total. The zero-order valence-electron chi connectivity index (χ0n) is 14.3. The summed E-state index contributed by atoms with van der Waals surface area (Å²) >= 11 is 0. The lowest BCUT2D eigenvalue weighted by molar-refractivity contribution is 0.0653. The van der Waals surface area contributed by atoms with Crippen LogP contribution in [0.5, 0.6) is 5.75 Å². The Bertz CT molecular complexity index is 661. The first kappa shape index (κ1) is 18.1. The zero-order chi connectivity index (χ0) is 17.5. The number of aliphatic hydroxyl groups excluding tert-OH is 1. The van der Waals surface area contributed by atoms with Crippen molar-refractivity contribution in [3.8, 4) is 5.75 Å². The van der Waals surface area contributed by atoms with E-state index in [0.29, 0.717) is 17.9 Å². The van der Waals surface area contributed by atoms with Gasteiger partial charge in [0.05, 0.1) is 0 Å². The van der Waals surface area contributed by atoms with Gasteiger partial charge in [0.15, 0.2) is 5.78 Å². The Hall–Kier alpha value is -2.24. The van der Waals surface area contributed by atoms with Crippen LogP contribution in [0.1, 0.15) is 35.8 Å². The van der Waals surface area contributed by atoms with E-state index < -0.39 is 6.10 Å². The molecule has 1 aromatic carbocycles. The zero-order valence-corrected chi connectivity index (χ0v) is 14.3. The minimum Gasteiger partial charge on any atom is -0.491 e. The van der Waals surface area contributed by atoms with Crippen molar-refractivity contribution < 1.29 is 14.6 Å². The molecule has 0 fully saturated rings. The van der Waals surface area contributed by atoms with Gasteiger partial charge in [0.2, 0.25) is 0 Å². The number of hydrogen-bond donors (Lipinski definition) is 1. The van der Waals surface area contributed by atoms with E-state index in [-0.39, 0.29) is 18.4 Å². The largest absolute Gasteiger partial charge is 0.491 e. The van der Waals surface area contributed by atoms with Crippen molar-refractivity contribution >= 4 is 5.78 Å². The normalized spacial score (nSPS) is 13.5. The standard InChI is InChI=1S/C19H24N2O3/c1-14(17-7-5-9-20-11-17)21(3)12-18(23)13-24-19-8-4-6-16(10-19)15(2)22/h4-11,14,18,23H,12-13H2,1-3H3. The number of Topliss-reactive ketones (excluding diaryl/α,β-unsaturated/α-hetero) is 1. The quantitative estimate of drug-likeness (QED) is 0.755. The number of likely N-dealkylation sites (N-methyl/N-ethyl adjacent to an activating group) is 1. The average molecular weight is 328 g/mol. The van der Waals surface area contributed by atoms with Crippen LogP contribution in [0, 0.1) is 0 Å². The number of aliphatic hydroxyl groups is 1. The van der Waals surface area contributed by atoms with Crippen molar-refractivity contribution in [2.45, 2.75) is 26.0 Å². The lowest BCUT2D eigenvalue weighted by atomic mass is 10.1. The minimum atomic E-state index is -0.630. The second-order valence-corrected chi connectivity index (χ2v) is 5.95. The Balaban J connectivity index is 1.85. The molecule has 5 heteroatoms. The third kappa shape index (κ3) is 5.15. The molecule has 2 aromatic rings. The third-order valence-corrected chi connectivity index (χ3v) is 4.01. The number of benzene rings is 1. The lowest BCUT2D eigenvalue weighted by Crippen LogP contribution is -2.34. The summed E-state index contributed by atoms with van der Waals surface area (Å²) in [5.74, 6) is 0.579. The molecule has 1 aromatic heterocycles. The van der Waals surface area contributed by atoms with Gasteiger partial charge in [-0.1, -0.05) is 18.2 Å². The van der Waals surface area contributed by atoms with Gasteiger partial charge in [-0.3, -0.25) is 14.7 Å². The Morgan fingerprint density at radius 3 is 2.79 bits per heavy atom. The third-order valence-electron chi connectivity index (χ3n) is 4.01. The fourth-order valence-corrected chi connectivity index (χ4v) is 2.42. The summed E-state index contributed by atoms with van der Waals surface area (Å²) in [6.45, 7) is 4.23. The van der Waals surface area contributed by atoms with E-state index in [0.717, 1.165) is 5.56 Å². The summed E-state index contributed by atoms with van der Waals surface area (Å²) in [5, 5.41) is 10.2. The molecule has 0 amide bonds. The number of hydrogen-bond acceptors (Lipinski definition) is 5. The van der Waals surface area contributed by atoms with Crippen molar-refractivity contribution in [2.75, 3.05) is 20.2 Å². The molecule has 128 valence electrons. The van der Waals surface area contributed by atoms with Crippen LogP contribution in [0.2, 0.25) is 0 Å². The Morgan fingerprint density at radius 1 is 1.33 bits per heavy atom. The number of carbonyl (C=O) groups excluding carboxylic acids is 1. The SMILES string of the molecule is CC(=O)c1cccc(OCC(O)CN(C)C(C)c2cccnc2)c1. The molecule has 0 saturated carbocycles. The maximum atomic E-state index is 11.4. The molecule has 0 aliphatic carbocycles. The van der Waals surface area contributed by atoms with Crippen LogP contribution in [0.4, 0.5) is 0 Å². The summed E-state index contributed by atoms with van der Waals surface area (Å²) in [7, 11) is 1.96. The van der Waals surface area contributed by atoms with E-state index >= 15 is 0 Å². The summed E-state index contributed by atoms with van der Waals surface area (Å²) < 4.78 is 5.60. The number of aromatic nitrogens is 1. The molecule has 0 saturated heterocycles. The number of rotatable bonds is 8. The van der Waals surface area contributed by atoms with E-state index in [2.05, 4.69) is 16.8 Å². The second-order valence-electron chi connectivity index (χ2n) is 5.95. The minimum absolute atomic E-state index is 0.00831. The molecule has 2 unspecified atom stereocenters. The molecule has 0 radical (unpaired) electrons. The summed E-state index contributed by atoms with van der Waals surface area (Å²) in [4.78, 5) is 17.6. The van der Waals surface area contributed by atoms with Gasteiger partial charge in [-0.2, -0.15) is 0 Å². The van der Waals surface area contributed by atoms with Crippen LogP contribution < -0.4 is 4.74 Å². The fraction of sp³-hybridized carbons (Fsp3) is 0.368. The number of nitrogens with zero attached hydrogens (tertiary/aromatic N) is 2. The molecule has 0 aliphatic rings. The molecule has 2 atom stereocenters. The number of pyridine rings is 1. The number of ether oxygens (including phenoxy) is 1. The highest BCUT2D eigenvalue weighted by Gasteiger charge is 2.16. The summed E-state index contributed by atoms with van der Waals surface area (Å²) in [5.41, 5.74) is 1.70. The van der Waals surface area contributed by atoms with Gasteiger partial charge in [-0.25, -0.2) is 0 Å². The van der Waals surface area contributed by atoms with Crippen LogP contribution in [0.3, 0.4) is 0 Å². The van der Waals surface area contributed by atoms with Crippen molar-refractivity contribution in [3.05, 3.63) is 59.9 Å². The molecular weight excluding hydrogens is 304 g/mol. The van der Waals surface area contributed by atoms with Gasteiger partial charge in [-0.15, -0.1) is 0 Å². The van der Waals surface area contributed by atoms with E-state index in [4.69, 9.17) is 4.74 Å². The van der Waals surface area contributed by atoms with Gasteiger partial charge in [0.25, 0.3) is 0 Å². The van der Waals surface area contributed by atoms with Gasteiger partial charge < -0.3 is 9.84 Å². The maximum absolute atomic E-state index is 11.4. The molecule has 2 rings (SSSR count). The highest BCUT2D eigenvalue weighted by Crippen LogP contribution is 2.18.